The fourth-order valence-corrected chi connectivity index (χ4v) is 2.08. The number of aryl methyl sites for hydroxylation is 1. The van der Waals surface area contributed by atoms with Gasteiger partial charge in [0.1, 0.15) is 18.4 Å². The highest BCUT2D eigenvalue weighted by molar-refractivity contribution is 5.93. The van der Waals surface area contributed by atoms with E-state index >= 15 is 0 Å². The summed E-state index contributed by atoms with van der Waals surface area (Å²) in [6.45, 7) is 1.94. The summed E-state index contributed by atoms with van der Waals surface area (Å²) in [5.74, 6) is 0.424. The molecule has 0 saturated carbocycles. The SMILES string of the molecule is Cc1ccc(OCC(=O)Nc2ccccc2-n2cncn2)cc1. The number of nitrogens with zero attached hydrogens (tertiary/aromatic N) is 3. The Kier molecular flexibility index (Phi) is 4.33. The van der Waals surface area contributed by atoms with E-state index in [1.54, 1.807) is 17.1 Å². The molecule has 0 aliphatic heterocycles. The normalized spacial score (nSPS) is 10.3. The van der Waals surface area contributed by atoms with Gasteiger partial charge in [0.05, 0.1) is 11.4 Å². The Morgan fingerprint density at radius 3 is 2.70 bits per heavy atom. The second-order valence-electron chi connectivity index (χ2n) is 5.01. The number of carbonyl (C=O) groups excluding carboxylic acids is 1. The number of benzene rings is 2. The molecule has 0 aliphatic carbocycles. The van der Waals surface area contributed by atoms with Crippen LogP contribution in [0.4, 0.5) is 5.69 Å². The monoisotopic (exact) mass is 308 g/mol. The predicted octanol–water partition coefficient (Wildman–Crippen LogP) is 2.59. The highest BCUT2D eigenvalue weighted by atomic mass is 16.5. The molecule has 1 N–H and O–H groups in total. The second kappa shape index (κ2) is 6.74. The first-order chi connectivity index (χ1) is 11.2. The van der Waals surface area contributed by atoms with Crippen LogP contribution in [0, 0.1) is 6.92 Å². The summed E-state index contributed by atoms with van der Waals surface area (Å²) >= 11 is 0. The van der Waals surface area contributed by atoms with Crippen LogP contribution < -0.4 is 10.1 Å². The van der Waals surface area contributed by atoms with Crippen LogP contribution in [0.15, 0.2) is 61.2 Å². The number of rotatable bonds is 5. The molecule has 0 bridgehead atoms. The number of hydrogen-bond donors (Lipinski definition) is 1. The molecule has 0 spiro atoms. The van der Waals surface area contributed by atoms with Crippen LogP contribution in [-0.2, 0) is 4.79 Å². The van der Waals surface area contributed by atoms with Crippen LogP contribution in [0.1, 0.15) is 5.56 Å². The van der Waals surface area contributed by atoms with Crippen molar-refractivity contribution in [2.24, 2.45) is 0 Å². The summed E-state index contributed by atoms with van der Waals surface area (Å²) in [6.07, 6.45) is 3.02. The lowest BCUT2D eigenvalue weighted by atomic mass is 10.2. The standard InChI is InChI=1S/C17H16N4O2/c1-13-6-8-14(9-7-13)23-10-17(22)20-15-4-2-3-5-16(15)21-12-18-11-19-21/h2-9,11-12H,10H2,1H3,(H,20,22). The third-order valence-corrected chi connectivity index (χ3v) is 3.23. The van der Waals surface area contributed by atoms with Gasteiger partial charge in [0.25, 0.3) is 5.91 Å². The van der Waals surface area contributed by atoms with Gasteiger partial charge < -0.3 is 10.1 Å². The fourth-order valence-electron chi connectivity index (χ4n) is 2.08. The lowest BCUT2D eigenvalue weighted by Crippen LogP contribution is -2.21. The molecule has 3 rings (SSSR count). The molecule has 0 aliphatic rings. The zero-order valence-corrected chi connectivity index (χ0v) is 12.6. The van der Waals surface area contributed by atoms with E-state index in [1.165, 1.54) is 6.33 Å². The Balaban J connectivity index is 1.65. The fraction of sp³-hybridized carbons (Fsp3) is 0.118. The lowest BCUT2D eigenvalue weighted by molar-refractivity contribution is -0.118. The smallest absolute Gasteiger partial charge is 0.262 e. The zero-order chi connectivity index (χ0) is 16.1. The highest BCUT2D eigenvalue weighted by Crippen LogP contribution is 2.18. The van der Waals surface area contributed by atoms with Gasteiger partial charge in [0.15, 0.2) is 6.61 Å². The van der Waals surface area contributed by atoms with Crippen LogP contribution >= 0.6 is 0 Å². The van der Waals surface area contributed by atoms with Gasteiger partial charge in [-0.1, -0.05) is 29.8 Å². The minimum absolute atomic E-state index is 0.0608. The molecule has 2 aromatic carbocycles. The Hall–Kier alpha value is -3.15. The van der Waals surface area contributed by atoms with Gasteiger partial charge in [-0.25, -0.2) is 9.67 Å². The van der Waals surface area contributed by atoms with Crippen molar-refractivity contribution in [3.8, 4) is 11.4 Å². The van der Waals surface area contributed by atoms with Crippen molar-refractivity contribution in [1.29, 1.82) is 0 Å². The van der Waals surface area contributed by atoms with E-state index in [2.05, 4.69) is 15.4 Å². The first kappa shape index (κ1) is 14.8. The number of hydrogen-bond acceptors (Lipinski definition) is 4. The van der Waals surface area contributed by atoms with Crippen molar-refractivity contribution in [2.75, 3.05) is 11.9 Å². The summed E-state index contributed by atoms with van der Waals surface area (Å²) in [5, 5.41) is 6.91. The van der Waals surface area contributed by atoms with Crippen LogP contribution in [0.2, 0.25) is 0 Å². The van der Waals surface area contributed by atoms with Crippen molar-refractivity contribution in [1.82, 2.24) is 14.8 Å². The Bertz CT molecular complexity index is 783. The van der Waals surface area contributed by atoms with E-state index in [4.69, 9.17) is 4.74 Å². The highest BCUT2D eigenvalue weighted by Gasteiger charge is 2.09. The average molecular weight is 308 g/mol. The molecule has 1 aromatic heterocycles. The molecule has 1 amide bonds. The molecule has 6 heteroatoms. The first-order valence-electron chi connectivity index (χ1n) is 7.16. The van der Waals surface area contributed by atoms with Gasteiger partial charge in [-0.2, -0.15) is 5.10 Å². The van der Waals surface area contributed by atoms with Gasteiger partial charge >= 0.3 is 0 Å². The second-order valence-corrected chi connectivity index (χ2v) is 5.01. The number of aromatic nitrogens is 3. The van der Waals surface area contributed by atoms with E-state index in [9.17, 15) is 4.79 Å². The first-order valence-corrected chi connectivity index (χ1v) is 7.16. The molecule has 116 valence electrons. The summed E-state index contributed by atoms with van der Waals surface area (Å²) in [7, 11) is 0. The number of para-hydroxylation sites is 2. The van der Waals surface area contributed by atoms with Crippen LogP contribution in [0.5, 0.6) is 5.75 Å². The molecular formula is C17H16N4O2. The largest absolute Gasteiger partial charge is 0.484 e. The van der Waals surface area contributed by atoms with E-state index < -0.39 is 0 Å². The molecule has 0 fully saturated rings. The number of amides is 1. The number of ether oxygens (including phenoxy) is 1. The molecule has 0 radical (unpaired) electrons. The van der Waals surface area contributed by atoms with Crippen molar-refractivity contribution >= 4 is 11.6 Å². The maximum Gasteiger partial charge on any atom is 0.262 e. The van der Waals surface area contributed by atoms with E-state index in [1.807, 2.05) is 49.4 Å². The molecule has 0 unspecified atom stereocenters. The van der Waals surface area contributed by atoms with E-state index in [0.29, 0.717) is 11.4 Å². The Morgan fingerprint density at radius 1 is 1.17 bits per heavy atom. The van der Waals surface area contributed by atoms with E-state index in [0.717, 1.165) is 11.3 Å². The molecule has 23 heavy (non-hydrogen) atoms. The summed E-state index contributed by atoms with van der Waals surface area (Å²) in [4.78, 5) is 16.0. The van der Waals surface area contributed by atoms with Crippen molar-refractivity contribution < 1.29 is 9.53 Å². The van der Waals surface area contributed by atoms with Gasteiger partial charge in [-0.05, 0) is 31.2 Å². The molecule has 1 heterocycles. The van der Waals surface area contributed by atoms with Crippen molar-refractivity contribution in [2.45, 2.75) is 6.92 Å². The van der Waals surface area contributed by atoms with Crippen molar-refractivity contribution in [3.63, 3.8) is 0 Å². The molecule has 3 aromatic rings. The topological polar surface area (TPSA) is 69.0 Å². The quantitative estimate of drug-likeness (QED) is 0.786. The van der Waals surface area contributed by atoms with Crippen molar-refractivity contribution in [3.05, 3.63) is 66.7 Å². The summed E-state index contributed by atoms with van der Waals surface area (Å²) in [5.41, 5.74) is 2.53. The lowest BCUT2D eigenvalue weighted by Gasteiger charge is -2.11. The minimum atomic E-state index is -0.238. The predicted molar refractivity (Wildman–Crippen MR) is 86.7 cm³/mol. The number of carbonyl (C=O) groups is 1. The molecule has 0 atom stereocenters. The zero-order valence-electron chi connectivity index (χ0n) is 12.6. The van der Waals surface area contributed by atoms with Crippen LogP contribution in [0.3, 0.4) is 0 Å². The summed E-state index contributed by atoms with van der Waals surface area (Å²) < 4.78 is 7.07. The molecular weight excluding hydrogens is 292 g/mol. The van der Waals surface area contributed by atoms with Gasteiger partial charge in [-0.3, -0.25) is 4.79 Å². The van der Waals surface area contributed by atoms with E-state index in [-0.39, 0.29) is 12.5 Å². The third-order valence-electron chi connectivity index (χ3n) is 3.23. The van der Waals surface area contributed by atoms with Gasteiger partial charge in [-0.15, -0.1) is 0 Å². The third kappa shape index (κ3) is 3.74. The number of nitrogens with one attached hydrogen (secondary N) is 1. The maximum atomic E-state index is 12.1. The van der Waals surface area contributed by atoms with Gasteiger partial charge in [0, 0.05) is 0 Å². The average Bonchev–Trinajstić information content (AvgIpc) is 3.09. The summed E-state index contributed by atoms with van der Waals surface area (Å²) in [6, 6.07) is 14.9. The number of anilines is 1. The molecule has 6 nitrogen and oxygen atoms in total. The van der Waals surface area contributed by atoms with Crippen LogP contribution in [0.25, 0.3) is 5.69 Å². The molecule has 0 saturated heterocycles. The Morgan fingerprint density at radius 2 is 1.96 bits per heavy atom. The van der Waals surface area contributed by atoms with Crippen LogP contribution in [-0.4, -0.2) is 27.3 Å². The minimum Gasteiger partial charge on any atom is -0.484 e. The van der Waals surface area contributed by atoms with Gasteiger partial charge in [0.2, 0.25) is 0 Å². The Labute approximate surface area is 133 Å². The maximum absolute atomic E-state index is 12.1.